The molecule has 0 N–H and O–H groups in total. The van der Waals surface area contributed by atoms with Gasteiger partial charge in [0.25, 0.3) is 11.5 Å². The number of methoxy groups -OCH3 is 2. The lowest BCUT2D eigenvalue weighted by Crippen LogP contribution is -2.29. The van der Waals surface area contributed by atoms with Crippen LogP contribution in [0.25, 0.3) is 16.7 Å². The molecule has 0 aliphatic heterocycles. The van der Waals surface area contributed by atoms with E-state index < -0.39 is 5.91 Å². The monoisotopic (exact) mass is 471 g/mol. The topological polar surface area (TPSA) is 111 Å². The maximum atomic E-state index is 13.3. The lowest BCUT2D eigenvalue weighted by molar-refractivity contribution is 0.0996. The average Bonchev–Trinajstić information content (AvgIpc) is 2.88. The zero-order chi connectivity index (χ0) is 25.1. The van der Waals surface area contributed by atoms with Crippen molar-refractivity contribution in [3.05, 3.63) is 75.1 Å². The van der Waals surface area contributed by atoms with E-state index in [4.69, 9.17) is 14.5 Å². The Morgan fingerprint density at radius 3 is 2.60 bits per heavy atom. The molecule has 1 aromatic carbocycles. The van der Waals surface area contributed by atoms with Gasteiger partial charge in [-0.15, -0.1) is 0 Å². The molecule has 178 valence electrons. The lowest BCUT2D eigenvalue weighted by Gasteiger charge is -2.14. The van der Waals surface area contributed by atoms with Gasteiger partial charge in [-0.1, -0.05) is 19.4 Å². The summed E-state index contributed by atoms with van der Waals surface area (Å²) in [6, 6.07) is 12.0. The van der Waals surface area contributed by atoms with Crippen LogP contribution in [0.3, 0.4) is 0 Å². The number of pyridine rings is 2. The zero-order valence-electron chi connectivity index (χ0n) is 20.0. The summed E-state index contributed by atoms with van der Waals surface area (Å²) in [6.07, 6.45) is 3.26. The van der Waals surface area contributed by atoms with Crippen molar-refractivity contribution < 1.29 is 14.3 Å². The molecule has 0 aliphatic rings. The van der Waals surface area contributed by atoms with Gasteiger partial charge in [-0.25, -0.2) is 4.98 Å². The van der Waals surface area contributed by atoms with E-state index in [1.54, 1.807) is 29.0 Å². The standard InChI is InChI=1S/C26H25N5O4/c1-5-6-11-30-23(29-25(32)17-9-10-20(34-3)21(14-17)35-4)18(15-27)13-19-24(30)28-22-16(2)8-7-12-31(22)26(19)33/h7-10,12-14H,5-6,11H2,1-4H3. The molecule has 4 aromatic rings. The number of benzene rings is 1. The number of amides is 1. The molecule has 0 aliphatic carbocycles. The number of aromatic nitrogens is 3. The van der Waals surface area contributed by atoms with E-state index >= 15 is 0 Å². The van der Waals surface area contributed by atoms with E-state index in [9.17, 15) is 14.9 Å². The normalized spacial score (nSPS) is 11.6. The summed E-state index contributed by atoms with van der Waals surface area (Å²) < 4.78 is 13.7. The third kappa shape index (κ3) is 4.26. The summed E-state index contributed by atoms with van der Waals surface area (Å²) in [5.74, 6) is 0.321. The number of hydrogen-bond acceptors (Lipinski definition) is 6. The molecule has 3 heterocycles. The van der Waals surface area contributed by atoms with Gasteiger partial charge in [0.15, 0.2) is 17.0 Å². The van der Waals surface area contributed by atoms with Crippen LogP contribution < -0.4 is 20.5 Å². The third-order valence-electron chi connectivity index (χ3n) is 5.80. The van der Waals surface area contributed by atoms with Gasteiger partial charge in [0.05, 0.1) is 25.2 Å². The molecule has 35 heavy (non-hydrogen) atoms. The second kappa shape index (κ2) is 9.81. The Morgan fingerprint density at radius 2 is 1.91 bits per heavy atom. The van der Waals surface area contributed by atoms with Crippen molar-refractivity contribution in [2.45, 2.75) is 33.2 Å². The van der Waals surface area contributed by atoms with Gasteiger partial charge in [0.1, 0.15) is 17.4 Å². The van der Waals surface area contributed by atoms with E-state index in [1.807, 2.05) is 19.9 Å². The number of ether oxygens (including phenoxy) is 2. The number of fused-ring (bicyclic) bond motifs is 2. The minimum atomic E-state index is -0.555. The molecular weight excluding hydrogens is 446 g/mol. The molecule has 1 amide bonds. The van der Waals surface area contributed by atoms with Crippen molar-refractivity contribution in [3.8, 4) is 17.6 Å². The predicted octanol–water partition coefficient (Wildman–Crippen LogP) is 3.39. The SMILES string of the molecule is CCCCn1c(=NC(=O)c2ccc(OC)c(OC)c2)c(C#N)cc2c(=O)n3cccc(C)c3nc21. The Kier molecular flexibility index (Phi) is 6.64. The highest BCUT2D eigenvalue weighted by molar-refractivity contribution is 5.95. The number of unbranched alkanes of at least 4 members (excludes halogenated alkanes) is 1. The van der Waals surface area contributed by atoms with E-state index in [0.29, 0.717) is 34.7 Å². The summed E-state index contributed by atoms with van der Waals surface area (Å²) in [5.41, 5.74) is 2.00. The van der Waals surface area contributed by atoms with Gasteiger partial charge in [0.2, 0.25) is 0 Å². The molecule has 0 unspecified atom stereocenters. The summed E-state index contributed by atoms with van der Waals surface area (Å²) in [5, 5.41) is 10.2. The number of nitrogens with zero attached hydrogens (tertiary/aromatic N) is 5. The zero-order valence-corrected chi connectivity index (χ0v) is 20.0. The molecular formula is C26H25N5O4. The van der Waals surface area contributed by atoms with E-state index in [-0.39, 0.29) is 22.2 Å². The molecule has 9 nitrogen and oxygen atoms in total. The van der Waals surface area contributed by atoms with Crippen LogP contribution >= 0.6 is 0 Å². The smallest absolute Gasteiger partial charge is 0.279 e. The van der Waals surface area contributed by atoms with E-state index in [0.717, 1.165) is 18.4 Å². The quantitative estimate of drug-likeness (QED) is 0.399. The van der Waals surface area contributed by atoms with Gasteiger partial charge in [-0.2, -0.15) is 10.3 Å². The first-order valence-corrected chi connectivity index (χ1v) is 11.2. The number of carbonyl (C=O) groups is 1. The van der Waals surface area contributed by atoms with Gasteiger partial charge < -0.3 is 14.0 Å². The molecule has 0 saturated carbocycles. The number of rotatable bonds is 6. The van der Waals surface area contributed by atoms with Gasteiger partial charge in [-0.05, 0) is 49.2 Å². The van der Waals surface area contributed by atoms with Crippen LogP contribution in [-0.2, 0) is 6.54 Å². The molecule has 0 bridgehead atoms. The summed E-state index contributed by atoms with van der Waals surface area (Å²) in [7, 11) is 2.99. The van der Waals surface area contributed by atoms with Gasteiger partial charge in [-0.3, -0.25) is 14.0 Å². The fourth-order valence-corrected chi connectivity index (χ4v) is 3.95. The average molecular weight is 472 g/mol. The van der Waals surface area contributed by atoms with Crippen LogP contribution in [0.2, 0.25) is 0 Å². The molecule has 9 heteroatoms. The molecule has 0 atom stereocenters. The number of hydrogen-bond donors (Lipinski definition) is 0. The van der Waals surface area contributed by atoms with Crippen molar-refractivity contribution in [1.29, 1.82) is 5.26 Å². The Bertz CT molecular complexity index is 1630. The van der Waals surface area contributed by atoms with E-state index in [2.05, 4.69) is 11.1 Å². The lowest BCUT2D eigenvalue weighted by atomic mass is 10.2. The minimum absolute atomic E-state index is 0.119. The molecule has 0 radical (unpaired) electrons. The van der Waals surface area contributed by atoms with Crippen LogP contribution in [0.15, 0.2) is 52.4 Å². The highest BCUT2D eigenvalue weighted by Crippen LogP contribution is 2.27. The molecule has 3 aromatic heterocycles. The molecule has 0 fully saturated rings. The van der Waals surface area contributed by atoms with Crippen molar-refractivity contribution in [2.24, 2.45) is 4.99 Å². The second-order valence-electron chi connectivity index (χ2n) is 8.02. The van der Waals surface area contributed by atoms with Crippen molar-refractivity contribution >= 4 is 22.6 Å². The third-order valence-corrected chi connectivity index (χ3v) is 5.80. The van der Waals surface area contributed by atoms with Crippen molar-refractivity contribution in [3.63, 3.8) is 0 Å². The minimum Gasteiger partial charge on any atom is -0.493 e. The van der Waals surface area contributed by atoms with Crippen molar-refractivity contribution in [1.82, 2.24) is 14.0 Å². The van der Waals surface area contributed by atoms with Crippen LogP contribution in [0.4, 0.5) is 0 Å². The largest absolute Gasteiger partial charge is 0.493 e. The summed E-state index contributed by atoms with van der Waals surface area (Å²) >= 11 is 0. The van der Waals surface area contributed by atoms with Crippen molar-refractivity contribution in [2.75, 3.05) is 14.2 Å². The summed E-state index contributed by atoms with van der Waals surface area (Å²) in [6.45, 7) is 4.35. The Morgan fingerprint density at radius 1 is 1.14 bits per heavy atom. The number of aryl methyl sites for hydroxylation is 2. The molecule has 0 saturated heterocycles. The van der Waals surface area contributed by atoms with E-state index in [1.165, 1.54) is 30.8 Å². The predicted molar refractivity (Wildman–Crippen MR) is 131 cm³/mol. The van der Waals surface area contributed by atoms with Crippen LogP contribution in [0.1, 0.15) is 41.3 Å². The maximum absolute atomic E-state index is 13.3. The second-order valence-corrected chi connectivity index (χ2v) is 8.02. The fourth-order valence-electron chi connectivity index (χ4n) is 3.95. The van der Waals surface area contributed by atoms with Crippen LogP contribution in [0, 0.1) is 18.3 Å². The maximum Gasteiger partial charge on any atom is 0.279 e. The number of carbonyl (C=O) groups excluding carboxylic acids is 1. The highest BCUT2D eigenvalue weighted by Gasteiger charge is 2.17. The first-order valence-electron chi connectivity index (χ1n) is 11.2. The first-order chi connectivity index (χ1) is 16.9. The molecule has 0 spiro atoms. The Hall–Kier alpha value is -4.45. The summed E-state index contributed by atoms with van der Waals surface area (Å²) in [4.78, 5) is 35.6. The first kappa shape index (κ1) is 23.7. The fraction of sp³-hybridized carbons (Fsp3) is 0.269. The molecule has 4 rings (SSSR count). The number of nitriles is 1. The van der Waals surface area contributed by atoms with Crippen LogP contribution in [0.5, 0.6) is 11.5 Å². The van der Waals surface area contributed by atoms with Gasteiger partial charge in [0, 0.05) is 18.3 Å². The van der Waals surface area contributed by atoms with Gasteiger partial charge >= 0.3 is 0 Å². The van der Waals surface area contributed by atoms with Crippen LogP contribution in [-0.4, -0.2) is 34.1 Å². The Labute approximate surface area is 201 Å². The Balaban J connectivity index is 2.04. The highest BCUT2D eigenvalue weighted by atomic mass is 16.5.